The van der Waals surface area contributed by atoms with Crippen molar-refractivity contribution in [3.63, 3.8) is 0 Å². The fourth-order valence-corrected chi connectivity index (χ4v) is 2.78. The number of carbonyl (C=O) groups excluding carboxylic acids is 2. The first kappa shape index (κ1) is 19.0. The predicted octanol–water partition coefficient (Wildman–Crippen LogP) is 4.45. The first-order valence-electron chi connectivity index (χ1n) is 8.26. The van der Waals surface area contributed by atoms with Crippen LogP contribution >= 0.6 is 11.6 Å². The van der Waals surface area contributed by atoms with Gasteiger partial charge >= 0.3 is 0 Å². The SMILES string of the molecule is CC(=O)N(CC(=O)Nc1ccccc1C(C)C)Cc1ccccc1Cl. The van der Waals surface area contributed by atoms with E-state index < -0.39 is 0 Å². The summed E-state index contributed by atoms with van der Waals surface area (Å²) in [6.07, 6.45) is 0. The number of carbonyl (C=O) groups is 2. The summed E-state index contributed by atoms with van der Waals surface area (Å²) in [6.45, 7) is 5.88. The maximum absolute atomic E-state index is 12.4. The van der Waals surface area contributed by atoms with E-state index in [-0.39, 0.29) is 18.4 Å². The molecule has 0 bridgehead atoms. The van der Waals surface area contributed by atoms with Crippen LogP contribution in [0.1, 0.15) is 37.8 Å². The molecule has 0 spiro atoms. The molecule has 2 aromatic carbocycles. The number of hydrogen-bond donors (Lipinski definition) is 1. The van der Waals surface area contributed by atoms with Crippen molar-refractivity contribution in [1.29, 1.82) is 0 Å². The maximum Gasteiger partial charge on any atom is 0.244 e. The highest BCUT2D eigenvalue weighted by Gasteiger charge is 2.16. The Morgan fingerprint density at radius 1 is 1.08 bits per heavy atom. The quantitative estimate of drug-likeness (QED) is 0.829. The largest absolute Gasteiger partial charge is 0.329 e. The number of hydrogen-bond acceptors (Lipinski definition) is 2. The summed E-state index contributed by atoms with van der Waals surface area (Å²) in [6, 6.07) is 15.0. The van der Waals surface area contributed by atoms with Gasteiger partial charge in [0, 0.05) is 24.2 Å². The van der Waals surface area contributed by atoms with Gasteiger partial charge in [-0.05, 0) is 29.2 Å². The van der Waals surface area contributed by atoms with Crippen molar-refractivity contribution < 1.29 is 9.59 Å². The Morgan fingerprint density at radius 3 is 2.36 bits per heavy atom. The van der Waals surface area contributed by atoms with Crippen molar-refractivity contribution in [2.24, 2.45) is 0 Å². The molecule has 0 saturated heterocycles. The van der Waals surface area contributed by atoms with E-state index in [1.165, 1.54) is 11.8 Å². The number of amides is 2. The highest BCUT2D eigenvalue weighted by Crippen LogP contribution is 2.23. The van der Waals surface area contributed by atoms with Crippen LogP contribution in [0.3, 0.4) is 0 Å². The van der Waals surface area contributed by atoms with Crippen molar-refractivity contribution in [2.45, 2.75) is 33.2 Å². The third-order valence-electron chi connectivity index (χ3n) is 3.96. The Kier molecular flexibility index (Phi) is 6.59. The van der Waals surface area contributed by atoms with E-state index in [1.807, 2.05) is 42.5 Å². The van der Waals surface area contributed by atoms with Gasteiger partial charge in [-0.15, -0.1) is 0 Å². The molecule has 0 atom stereocenters. The first-order valence-corrected chi connectivity index (χ1v) is 8.64. The average molecular weight is 359 g/mol. The van der Waals surface area contributed by atoms with Crippen LogP contribution in [-0.2, 0) is 16.1 Å². The number of nitrogens with one attached hydrogen (secondary N) is 1. The lowest BCUT2D eigenvalue weighted by molar-refractivity contribution is -0.133. The molecule has 0 aromatic heterocycles. The fourth-order valence-electron chi connectivity index (χ4n) is 2.59. The molecule has 25 heavy (non-hydrogen) atoms. The van der Waals surface area contributed by atoms with Gasteiger partial charge in [0.05, 0.1) is 0 Å². The maximum atomic E-state index is 12.4. The molecule has 2 rings (SSSR count). The van der Waals surface area contributed by atoms with Crippen LogP contribution in [0.4, 0.5) is 5.69 Å². The summed E-state index contributed by atoms with van der Waals surface area (Å²) in [5, 5.41) is 3.49. The second-order valence-electron chi connectivity index (χ2n) is 6.26. The van der Waals surface area contributed by atoms with E-state index in [4.69, 9.17) is 11.6 Å². The highest BCUT2D eigenvalue weighted by molar-refractivity contribution is 6.31. The molecule has 0 unspecified atom stereocenters. The van der Waals surface area contributed by atoms with Crippen molar-refractivity contribution in [2.75, 3.05) is 11.9 Å². The van der Waals surface area contributed by atoms with Crippen LogP contribution in [0, 0.1) is 0 Å². The molecule has 0 heterocycles. The monoisotopic (exact) mass is 358 g/mol. The predicted molar refractivity (Wildman–Crippen MR) is 102 cm³/mol. The van der Waals surface area contributed by atoms with Crippen molar-refractivity contribution in [3.05, 3.63) is 64.7 Å². The zero-order valence-corrected chi connectivity index (χ0v) is 15.5. The summed E-state index contributed by atoms with van der Waals surface area (Å²) in [4.78, 5) is 25.8. The van der Waals surface area contributed by atoms with Crippen molar-refractivity contribution in [1.82, 2.24) is 4.90 Å². The molecule has 0 fully saturated rings. The number of anilines is 1. The lowest BCUT2D eigenvalue weighted by atomic mass is 10.0. The number of halogens is 1. The van der Waals surface area contributed by atoms with Crippen LogP contribution in [-0.4, -0.2) is 23.3 Å². The minimum Gasteiger partial charge on any atom is -0.329 e. The first-order chi connectivity index (χ1) is 11.9. The molecule has 0 radical (unpaired) electrons. The Bertz CT molecular complexity index is 759. The van der Waals surface area contributed by atoms with E-state index in [1.54, 1.807) is 6.07 Å². The lowest BCUT2D eigenvalue weighted by Crippen LogP contribution is -2.36. The Labute approximate surface area is 153 Å². The average Bonchev–Trinajstić information content (AvgIpc) is 2.56. The third kappa shape index (κ3) is 5.33. The molecule has 5 heteroatoms. The molecular weight excluding hydrogens is 336 g/mol. The minimum atomic E-state index is -0.227. The molecular formula is C20H23ClN2O2. The van der Waals surface area contributed by atoms with Gasteiger partial charge < -0.3 is 10.2 Å². The molecule has 132 valence electrons. The van der Waals surface area contributed by atoms with E-state index in [0.29, 0.717) is 17.5 Å². The Balaban J connectivity index is 2.09. The van der Waals surface area contributed by atoms with Gasteiger partial charge in [0.25, 0.3) is 0 Å². The summed E-state index contributed by atoms with van der Waals surface area (Å²) >= 11 is 6.16. The van der Waals surface area contributed by atoms with E-state index in [9.17, 15) is 9.59 Å². The topological polar surface area (TPSA) is 49.4 Å². The number of rotatable bonds is 6. The summed E-state index contributed by atoms with van der Waals surface area (Å²) in [5.41, 5.74) is 2.66. The van der Waals surface area contributed by atoms with Gasteiger partial charge in [0.2, 0.25) is 11.8 Å². The summed E-state index contributed by atoms with van der Waals surface area (Å²) < 4.78 is 0. The molecule has 4 nitrogen and oxygen atoms in total. The molecule has 2 aromatic rings. The fraction of sp³-hybridized carbons (Fsp3) is 0.300. The van der Waals surface area contributed by atoms with Crippen LogP contribution in [0.5, 0.6) is 0 Å². The standard InChI is InChI=1S/C20H23ClN2O2/c1-14(2)17-9-5-7-11-19(17)22-20(25)13-23(15(3)24)12-16-8-4-6-10-18(16)21/h4-11,14H,12-13H2,1-3H3,(H,22,25). The zero-order chi connectivity index (χ0) is 18.4. The number of benzene rings is 2. The molecule has 0 aliphatic rings. The van der Waals surface area contributed by atoms with Gasteiger partial charge in [-0.25, -0.2) is 0 Å². The van der Waals surface area contributed by atoms with Gasteiger partial charge in [0.15, 0.2) is 0 Å². The Morgan fingerprint density at radius 2 is 1.72 bits per heavy atom. The van der Waals surface area contributed by atoms with Crippen LogP contribution in [0.2, 0.25) is 5.02 Å². The number of nitrogens with zero attached hydrogens (tertiary/aromatic N) is 1. The van der Waals surface area contributed by atoms with Gasteiger partial charge in [-0.1, -0.05) is 61.8 Å². The summed E-state index contributed by atoms with van der Waals surface area (Å²) in [7, 11) is 0. The second-order valence-corrected chi connectivity index (χ2v) is 6.66. The molecule has 2 amide bonds. The van der Waals surface area contributed by atoms with E-state index >= 15 is 0 Å². The normalized spacial score (nSPS) is 10.6. The molecule has 0 aliphatic carbocycles. The van der Waals surface area contributed by atoms with Gasteiger partial charge in [-0.3, -0.25) is 9.59 Å². The highest BCUT2D eigenvalue weighted by atomic mass is 35.5. The molecule has 0 aliphatic heterocycles. The van der Waals surface area contributed by atoms with E-state index in [0.717, 1.165) is 16.8 Å². The van der Waals surface area contributed by atoms with Crippen molar-refractivity contribution in [3.8, 4) is 0 Å². The van der Waals surface area contributed by atoms with Crippen molar-refractivity contribution >= 4 is 29.1 Å². The van der Waals surface area contributed by atoms with E-state index in [2.05, 4.69) is 19.2 Å². The van der Waals surface area contributed by atoms with Crippen LogP contribution in [0.15, 0.2) is 48.5 Å². The van der Waals surface area contributed by atoms with Crippen LogP contribution < -0.4 is 5.32 Å². The Hall–Kier alpha value is -2.33. The molecule has 0 saturated carbocycles. The lowest BCUT2D eigenvalue weighted by Gasteiger charge is -2.22. The van der Waals surface area contributed by atoms with Gasteiger partial charge in [-0.2, -0.15) is 0 Å². The summed E-state index contributed by atoms with van der Waals surface area (Å²) in [5.74, 6) is -0.105. The third-order valence-corrected chi connectivity index (χ3v) is 4.32. The molecule has 1 N–H and O–H groups in total. The smallest absolute Gasteiger partial charge is 0.244 e. The van der Waals surface area contributed by atoms with Gasteiger partial charge in [0.1, 0.15) is 6.54 Å². The number of para-hydroxylation sites is 1. The zero-order valence-electron chi connectivity index (χ0n) is 14.8. The minimum absolute atomic E-state index is 0.0208. The second kappa shape index (κ2) is 8.67. The van der Waals surface area contributed by atoms with Crippen LogP contribution in [0.25, 0.3) is 0 Å².